The molecular weight excluding hydrogens is 248 g/mol. The van der Waals surface area contributed by atoms with Crippen molar-refractivity contribution in [2.45, 2.75) is 65.5 Å². The van der Waals surface area contributed by atoms with Crippen LogP contribution in [0.25, 0.3) is 0 Å². The second kappa shape index (κ2) is 6.73. The van der Waals surface area contributed by atoms with Crippen LogP contribution in [0.1, 0.15) is 64.0 Å². The van der Waals surface area contributed by atoms with E-state index < -0.39 is 0 Å². The maximum Gasteiger partial charge on any atom is 0.111 e. The first-order valence-electron chi connectivity index (χ1n) is 7.61. The Hall–Kier alpha value is -1.58. The van der Waals surface area contributed by atoms with Crippen molar-refractivity contribution >= 4 is 0 Å². The van der Waals surface area contributed by atoms with Gasteiger partial charge in [0, 0.05) is 49.7 Å². The van der Waals surface area contributed by atoms with Crippen molar-refractivity contribution in [3.63, 3.8) is 0 Å². The molecule has 0 saturated heterocycles. The van der Waals surface area contributed by atoms with E-state index in [1.807, 2.05) is 12.4 Å². The zero-order valence-electron chi connectivity index (χ0n) is 13.1. The maximum absolute atomic E-state index is 4.43. The highest BCUT2D eigenvalue weighted by atomic mass is 15.1. The summed E-state index contributed by atoms with van der Waals surface area (Å²) in [6.45, 7) is 10.9. The fourth-order valence-corrected chi connectivity index (χ4v) is 2.59. The normalized spacial score (nSPS) is 11.7. The first-order valence-corrected chi connectivity index (χ1v) is 7.61. The Balaban J connectivity index is 1.82. The number of rotatable bonds is 7. The van der Waals surface area contributed by atoms with Gasteiger partial charge in [-0.15, -0.1) is 0 Å². The highest BCUT2D eigenvalue weighted by Gasteiger charge is 2.08. The van der Waals surface area contributed by atoms with Crippen LogP contribution in [0.15, 0.2) is 24.8 Å². The monoisotopic (exact) mass is 274 g/mol. The van der Waals surface area contributed by atoms with Gasteiger partial charge in [-0.25, -0.2) is 9.97 Å². The van der Waals surface area contributed by atoms with Crippen molar-refractivity contribution in [3.05, 3.63) is 36.4 Å². The zero-order chi connectivity index (χ0) is 14.5. The van der Waals surface area contributed by atoms with E-state index in [0.717, 1.165) is 13.1 Å². The molecule has 0 unspecified atom stereocenters. The second-order valence-corrected chi connectivity index (χ2v) is 5.97. The van der Waals surface area contributed by atoms with Crippen LogP contribution < -0.4 is 0 Å². The molecule has 2 aromatic heterocycles. The Labute approximate surface area is 121 Å². The van der Waals surface area contributed by atoms with Crippen molar-refractivity contribution < 1.29 is 0 Å². The molecule has 0 atom stereocenters. The van der Waals surface area contributed by atoms with Crippen molar-refractivity contribution in [2.24, 2.45) is 0 Å². The Morgan fingerprint density at radius 2 is 1.20 bits per heavy atom. The third-order valence-electron chi connectivity index (χ3n) is 3.58. The van der Waals surface area contributed by atoms with Crippen LogP contribution in [0, 0.1) is 0 Å². The van der Waals surface area contributed by atoms with Gasteiger partial charge in [-0.1, -0.05) is 27.7 Å². The van der Waals surface area contributed by atoms with Gasteiger partial charge in [0.1, 0.15) is 11.6 Å². The molecule has 20 heavy (non-hydrogen) atoms. The number of aryl methyl sites for hydroxylation is 2. The molecule has 4 heteroatoms. The van der Waals surface area contributed by atoms with E-state index >= 15 is 0 Å². The summed E-state index contributed by atoms with van der Waals surface area (Å²) >= 11 is 0. The molecule has 2 aromatic rings. The fourth-order valence-electron chi connectivity index (χ4n) is 2.59. The molecule has 0 aliphatic rings. The van der Waals surface area contributed by atoms with Crippen LogP contribution in [0.2, 0.25) is 0 Å². The molecule has 110 valence electrons. The summed E-state index contributed by atoms with van der Waals surface area (Å²) in [4.78, 5) is 8.86. The Bertz CT molecular complexity index is 474. The molecule has 0 saturated carbocycles. The third kappa shape index (κ3) is 3.50. The van der Waals surface area contributed by atoms with Crippen LogP contribution in [-0.2, 0) is 13.1 Å². The van der Waals surface area contributed by atoms with E-state index in [-0.39, 0.29) is 0 Å². The van der Waals surface area contributed by atoms with Gasteiger partial charge in [0.2, 0.25) is 0 Å². The predicted octanol–water partition coefficient (Wildman–Crippen LogP) is 3.81. The standard InChI is InChI=1S/C16H26N4/c1-13(2)15-17-7-11-19(15)9-5-6-10-20-12-8-18-16(20)14(3)4/h7-8,11-14H,5-6,9-10H2,1-4H3. The topological polar surface area (TPSA) is 35.6 Å². The quantitative estimate of drug-likeness (QED) is 0.720. The molecule has 0 aliphatic heterocycles. The van der Waals surface area contributed by atoms with Gasteiger partial charge in [0.25, 0.3) is 0 Å². The van der Waals surface area contributed by atoms with Gasteiger partial charge in [-0.05, 0) is 12.8 Å². The van der Waals surface area contributed by atoms with Crippen LogP contribution in [-0.4, -0.2) is 19.1 Å². The summed E-state index contributed by atoms with van der Waals surface area (Å²) in [5.41, 5.74) is 0. The summed E-state index contributed by atoms with van der Waals surface area (Å²) < 4.78 is 4.56. The lowest BCUT2D eigenvalue weighted by molar-refractivity contribution is 0.518. The molecule has 0 N–H and O–H groups in total. The average molecular weight is 274 g/mol. The van der Waals surface area contributed by atoms with Crippen LogP contribution in [0.3, 0.4) is 0 Å². The van der Waals surface area contributed by atoms with E-state index in [2.05, 4.69) is 59.2 Å². The van der Waals surface area contributed by atoms with E-state index in [1.54, 1.807) is 0 Å². The first kappa shape index (κ1) is 14.8. The Morgan fingerprint density at radius 3 is 1.55 bits per heavy atom. The van der Waals surface area contributed by atoms with Crippen LogP contribution in [0.4, 0.5) is 0 Å². The lowest BCUT2D eigenvalue weighted by atomic mass is 10.2. The number of hydrogen-bond acceptors (Lipinski definition) is 2. The summed E-state index contributed by atoms with van der Waals surface area (Å²) in [5, 5.41) is 0. The smallest absolute Gasteiger partial charge is 0.111 e. The minimum Gasteiger partial charge on any atom is -0.335 e. The van der Waals surface area contributed by atoms with Crippen molar-refractivity contribution in [1.29, 1.82) is 0 Å². The maximum atomic E-state index is 4.43. The molecule has 0 aliphatic carbocycles. The van der Waals surface area contributed by atoms with Crippen LogP contribution >= 0.6 is 0 Å². The zero-order valence-corrected chi connectivity index (χ0v) is 13.1. The molecule has 0 radical (unpaired) electrons. The van der Waals surface area contributed by atoms with Crippen molar-refractivity contribution in [3.8, 4) is 0 Å². The number of hydrogen-bond donors (Lipinski definition) is 0. The van der Waals surface area contributed by atoms with Gasteiger partial charge in [-0.3, -0.25) is 0 Å². The minimum absolute atomic E-state index is 0.492. The summed E-state index contributed by atoms with van der Waals surface area (Å²) in [6, 6.07) is 0. The number of unbranched alkanes of at least 4 members (excludes halogenated alkanes) is 1. The second-order valence-electron chi connectivity index (χ2n) is 5.97. The number of imidazole rings is 2. The van der Waals surface area contributed by atoms with Gasteiger partial charge >= 0.3 is 0 Å². The summed E-state index contributed by atoms with van der Waals surface area (Å²) in [7, 11) is 0. The van der Waals surface area contributed by atoms with Gasteiger partial charge < -0.3 is 9.13 Å². The largest absolute Gasteiger partial charge is 0.335 e. The highest BCUT2D eigenvalue weighted by molar-refractivity contribution is 4.98. The van der Waals surface area contributed by atoms with E-state index in [9.17, 15) is 0 Å². The molecular formula is C16H26N4. The lowest BCUT2D eigenvalue weighted by Crippen LogP contribution is -2.08. The molecule has 2 heterocycles. The lowest BCUT2D eigenvalue weighted by Gasteiger charge is -2.12. The SMILES string of the molecule is CC(C)c1nccn1CCCCn1ccnc1C(C)C. The molecule has 4 nitrogen and oxygen atoms in total. The Kier molecular flexibility index (Phi) is 4.99. The molecule has 2 rings (SSSR count). The van der Waals surface area contributed by atoms with E-state index in [0.29, 0.717) is 11.8 Å². The average Bonchev–Trinajstić information content (AvgIpc) is 3.03. The van der Waals surface area contributed by atoms with E-state index in [4.69, 9.17) is 0 Å². The van der Waals surface area contributed by atoms with Gasteiger partial charge in [0.05, 0.1) is 0 Å². The number of aromatic nitrogens is 4. The minimum atomic E-state index is 0.492. The molecule has 0 aromatic carbocycles. The molecule has 0 spiro atoms. The van der Waals surface area contributed by atoms with Gasteiger partial charge in [0.15, 0.2) is 0 Å². The van der Waals surface area contributed by atoms with Crippen molar-refractivity contribution in [2.75, 3.05) is 0 Å². The number of nitrogens with zero attached hydrogens (tertiary/aromatic N) is 4. The van der Waals surface area contributed by atoms with Crippen LogP contribution in [0.5, 0.6) is 0 Å². The third-order valence-corrected chi connectivity index (χ3v) is 3.58. The Morgan fingerprint density at radius 1 is 0.800 bits per heavy atom. The van der Waals surface area contributed by atoms with Gasteiger partial charge in [-0.2, -0.15) is 0 Å². The first-order chi connectivity index (χ1) is 9.59. The molecule has 0 bridgehead atoms. The van der Waals surface area contributed by atoms with E-state index in [1.165, 1.54) is 24.5 Å². The van der Waals surface area contributed by atoms with Crippen molar-refractivity contribution in [1.82, 2.24) is 19.1 Å². The highest BCUT2D eigenvalue weighted by Crippen LogP contribution is 2.14. The predicted molar refractivity (Wildman–Crippen MR) is 81.9 cm³/mol. The molecule has 0 amide bonds. The molecule has 0 fully saturated rings. The fraction of sp³-hybridized carbons (Fsp3) is 0.625. The summed E-state index contributed by atoms with van der Waals surface area (Å²) in [5.74, 6) is 3.36. The summed E-state index contributed by atoms with van der Waals surface area (Å²) in [6.07, 6.45) is 10.3.